The summed E-state index contributed by atoms with van der Waals surface area (Å²) < 4.78 is 16.9. The number of hydrogen-bond donors (Lipinski definition) is 0. The highest BCUT2D eigenvalue weighted by atomic mass is 16.5. The molecule has 1 unspecified atom stereocenters. The second kappa shape index (κ2) is 6.00. The van der Waals surface area contributed by atoms with E-state index in [-0.39, 0.29) is 5.91 Å². The zero-order chi connectivity index (χ0) is 17.6. The van der Waals surface area contributed by atoms with E-state index in [1.807, 2.05) is 26.0 Å². The third kappa shape index (κ3) is 2.91. The van der Waals surface area contributed by atoms with E-state index in [1.165, 1.54) is 5.56 Å². The molecule has 4 rings (SSSR count). The Labute approximate surface area is 144 Å². The Balaban J connectivity index is 1.57. The number of ether oxygens (including phenoxy) is 1. The zero-order valence-corrected chi connectivity index (χ0v) is 14.4. The topological polar surface area (TPSA) is 81.6 Å². The van der Waals surface area contributed by atoms with Gasteiger partial charge in [-0.25, -0.2) is 0 Å². The van der Waals surface area contributed by atoms with Gasteiger partial charge in [0.05, 0.1) is 13.2 Å². The predicted octanol–water partition coefficient (Wildman–Crippen LogP) is 2.95. The van der Waals surface area contributed by atoms with Crippen molar-refractivity contribution in [1.82, 2.24) is 15.1 Å². The highest BCUT2D eigenvalue weighted by Gasteiger charge is 2.30. The van der Waals surface area contributed by atoms with Crippen LogP contribution in [0.1, 0.15) is 39.6 Å². The summed E-state index contributed by atoms with van der Waals surface area (Å²) in [5.41, 5.74) is 3.04. The summed E-state index contributed by atoms with van der Waals surface area (Å²) >= 11 is 0. The number of nitrogens with zero attached hydrogens (tertiary/aromatic N) is 3. The van der Waals surface area contributed by atoms with E-state index in [9.17, 15) is 4.79 Å². The molecule has 2 aromatic heterocycles. The van der Waals surface area contributed by atoms with Crippen LogP contribution in [0.3, 0.4) is 0 Å². The first kappa shape index (κ1) is 15.8. The predicted molar refractivity (Wildman–Crippen MR) is 89.3 cm³/mol. The summed E-state index contributed by atoms with van der Waals surface area (Å²) in [6.07, 6.45) is -0.409. The largest absolute Gasteiger partial charge is 0.451 e. The molecule has 1 aliphatic heterocycles. The number of aromatic nitrogens is 2. The van der Waals surface area contributed by atoms with E-state index in [0.29, 0.717) is 37.2 Å². The number of fused-ring (bicyclic) bond motifs is 1. The van der Waals surface area contributed by atoms with Crippen LogP contribution in [-0.2, 0) is 4.74 Å². The first-order chi connectivity index (χ1) is 12.0. The molecule has 0 N–H and O–H groups in total. The molecule has 1 fully saturated rings. The fourth-order valence-electron chi connectivity index (χ4n) is 2.99. The van der Waals surface area contributed by atoms with Crippen LogP contribution in [0.15, 0.2) is 27.0 Å². The third-order valence-electron chi connectivity index (χ3n) is 4.51. The van der Waals surface area contributed by atoms with Crippen LogP contribution in [0, 0.1) is 20.8 Å². The minimum absolute atomic E-state index is 0.156. The summed E-state index contributed by atoms with van der Waals surface area (Å²) in [6.45, 7) is 7.06. The Hall–Kier alpha value is -2.67. The standard InChI is InChI=1S/C18H19N3O4/c1-10-6-13-8-15(25-14(13)7-11(10)2)18(22)21-4-5-23-16(9-21)17-20-19-12(3)24-17/h6-8,16H,4-5,9H2,1-3H3. The smallest absolute Gasteiger partial charge is 0.289 e. The molecule has 1 aliphatic rings. The molecule has 7 heteroatoms. The van der Waals surface area contributed by atoms with Gasteiger partial charge in [0.25, 0.3) is 5.91 Å². The molecule has 0 bridgehead atoms. The van der Waals surface area contributed by atoms with E-state index in [4.69, 9.17) is 13.6 Å². The van der Waals surface area contributed by atoms with Crippen molar-refractivity contribution < 1.29 is 18.4 Å². The van der Waals surface area contributed by atoms with Gasteiger partial charge in [0.15, 0.2) is 11.9 Å². The molecule has 0 spiro atoms. The Morgan fingerprint density at radius 1 is 1.12 bits per heavy atom. The van der Waals surface area contributed by atoms with Crippen LogP contribution in [0.5, 0.6) is 0 Å². The lowest BCUT2D eigenvalue weighted by atomic mass is 10.1. The number of carbonyl (C=O) groups excluding carboxylic acids is 1. The molecule has 0 saturated carbocycles. The lowest BCUT2D eigenvalue weighted by Gasteiger charge is -2.30. The molecular formula is C18H19N3O4. The van der Waals surface area contributed by atoms with Crippen molar-refractivity contribution in [1.29, 1.82) is 0 Å². The highest BCUT2D eigenvalue weighted by Crippen LogP contribution is 2.26. The van der Waals surface area contributed by atoms with E-state index in [1.54, 1.807) is 17.9 Å². The van der Waals surface area contributed by atoms with Crippen molar-refractivity contribution in [3.63, 3.8) is 0 Å². The van der Waals surface area contributed by atoms with Gasteiger partial charge in [-0.3, -0.25) is 4.79 Å². The van der Waals surface area contributed by atoms with Crippen LogP contribution >= 0.6 is 0 Å². The summed E-state index contributed by atoms with van der Waals surface area (Å²) in [5, 5.41) is 8.74. The number of rotatable bonds is 2. The molecular weight excluding hydrogens is 322 g/mol. The molecule has 1 aromatic carbocycles. The van der Waals surface area contributed by atoms with E-state index < -0.39 is 6.10 Å². The fourth-order valence-corrected chi connectivity index (χ4v) is 2.99. The van der Waals surface area contributed by atoms with Crippen LogP contribution < -0.4 is 0 Å². The van der Waals surface area contributed by atoms with Crippen molar-refractivity contribution in [2.24, 2.45) is 0 Å². The number of carbonyl (C=O) groups is 1. The van der Waals surface area contributed by atoms with Crippen LogP contribution in [0.2, 0.25) is 0 Å². The minimum atomic E-state index is -0.409. The summed E-state index contributed by atoms with van der Waals surface area (Å²) in [5.74, 6) is 1.05. The van der Waals surface area contributed by atoms with Gasteiger partial charge in [-0.2, -0.15) is 0 Å². The average molecular weight is 341 g/mol. The van der Waals surface area contributed by atoms with Crippen molar-refractivity contribution in [3.05, 3.63) is 46.9 Å². The van der Waals surface area contributed by atoms with Gasteiger partial charge >= 0.3 is 0 Å². The lowest BCUT2D eigenvalue weighted by Crippen LogP contribution is -2.42. The average Bonchev–Trinajstić information content (AvgIpc) is 3.21. The van der Waals surface area contributed by atoms with E-state index >= 15 is 0 Å². The Morgan fingerprint density at radius 2 is 1.92 bits per heavy atom. The quantitative estimate of drug-likeness (QED) is 0.713. The SMILES string of the molecule is Cc1nnc(C2CN(C(=O)c3cc4cc(C)c(C)cc4o3)CCO2)o1. The number of aryl methyl sites for hydroxylation is 3. The molecule has 1 atom stereocenters. The number of morpholine rings is 1. The maximum Gasteiger partial charge on any atom is 0.289 e. The Bertz CT molecular complexity index is 904. The van der Waals surface area contributed by atoms with Crippen molar-refractivity contribution in [3.8, 4) is 0 Å². The lowest BCUT2D eigenvalue weighted by molar-refractivity contribution is -0.0356. The van der Waals surface area contributed by atoms with Gasteiger partial charge < -0.3 is 18.5 Å². The zero-order valence-electron chi connectivity index (χ0n) is 14.4. The normalized spacial score (nSPS) is 18.0. The fraction of sp³-hybridized carbons (Fsp3) is 0.389. The van der Waals surface area contributed by atoms with Gasteiger partial charge in [0.1, 0.15) is 5.58 Å². The minimum Gasteiger partial charge on any atom is -0.451 e. The third-order valence-corrected chi connectivity index (χ3v) is 4.51. The molecule has 7 nitrogen and oxygen atoms in total. The summed E-state index contributed by atoms with van der Waals surface area (Å²) in [7, 11) is 0. The summed E-state index contributed by atoms with van der Waals surface area (Å²) in [4.78, 5) is 14.5. The molecule has 1 amide bonds. The van der Waals surface area contributed by atoms with Crippen molar-refractivity contribution in [2.75, 3.05) is 19.7 Å². The molecule has 3 aromatic rings. The monoisotopic (exact) mass is 341 g/mol. The first-order valence-electron chi connectivity index (χ1n) is 8.23. The molecule has 130 valence electrons. The second-order valence-corrected chi connectivity index (χ2v) is 6.35. The van der Waals surface area contributed by atoms with Crippen LogP contribution in [0.25, 0.3) is 11.0 Å². The van der Waals surface area contributed by atoms with Crippen molar-refractivity contribution >= 4 is 16.9 Å². The molecule has 3 heterocycles. The number of amides is 1. The number of hydrogen-bond acceptors (Lipinski definition) is 6. The van der Waals surface area contributed by atoms with E-state index in [0.717, 1.165) is 16.5 Å². The Morgan fingerprint density at radius 3 is 2.68 bits per heavy atom. The molecule has 0 radical (unpaired) electrons. The van der Waals surface area contributed by atoms with Crippen LogP contribution in [0.4, 0.5) is 0 Å². The van der Waals surface area contributed by atoms with Crippen molar-refractivity contribution in [2.45, 2.75) is 26.9 Å². The van der Waals surface area contributed by atoms with Crippen LogP contribution in [-0.4, -0.2) is 40.7 Å². The van der Waals surface area contributed by atoms with E-state index in [2.05, 4.69) is 10.2 Å². The number of benzene rings is 1. The van der Waals surface area contributed by atoms with Gasteiger partial charge in [0.2, 0.25) is 11.8 Å². The molecule has 25 heavy (non-hydrogen) atoms. The Kier molecular flexibility index (Phi) is 3.80. The van der Waals surface area contributed by atoms with Gasteiger partial charge in [0, 0.05) is 18.9 Å². The second-order valence-electron chi connectivity index (χ2n) is 6.35. The van der Waals surface area contributed by atoms with Gasteiger partial charge in [-0.15, -0.1) is 10.2 Å². The molecule has 0 aliphatic carbocycles. The van der Waals surface area contributed by atoms with Gasteiger partial charge in [-0.1, -0.05) is 0 Å². The number of furan rings is 1. The molecule has 1 saturated heterocycles. The van der Waals surface area contributed by atoms with Gasteiger partial charge in [-0.05, 0) is 43.2 Å². The maximum atomic E-state index is 12.8. The maximum absolute atomic E-state index is 12.8. The highest BCUT2D eigenvalue weighted by molar-refractivity contribution is 5.96. The first-order valence-corrected chi connectivity index (χ1v) is 8.23. The summed E-state index contributed by atoms with van der Waals surface area (Å²) in [6, 6.07) is 5.80.